The molecule has 0 saturated heterocycles. The standard InChI is InChI=1S/C13H16O2/c1-13(2)9-15-12-6-5-10(4-3-7-14)8-11(12)13/h5-8H,3-4,9H2,1-2H3. The van der Waals surface area contributed by atoms with Crippen molar-refractivity contribution in [3.63, 3.8) is 0 Å². The Morgan fingerprint density at radius 3 is 3.00 bits per heavy atom. The second-order valence-electron chi connectivity index (χ2n) is 4.71. The quantitative estimate of drug-likeness (QED) is 0.707. The number of aldehydes is 1. The molecule has 0 aromatic heterocycles. The Balaban J connectivity index is 2.29. The van der Waals surface area contributed by atoms with Crippen LogP contribution >= 0.6 is 0 Å². The maximum Gasteiger partial charge on any atom is 0.123 e. The van der Waals surface area contributed by atoms with Gasteiger partial charge in [-0.15, -0.1) is 0 Å². The fourth-order valence-corrected chi connectivity index (χ4v) is 1.95. The largest absolute Gasteiger partial charge is 0.492 e. The van der Waals surface area contributed by atoms with E-state index in [-0.39, 0.29) is 5.41 Å². The summed E-state index contributed by atoms with van der Waals surface area (Å²) in [6.07, 6.45) is 2.39. The summed E-state index contributed by atoms with van der Waals surface area (Å²) in [6, 6.07) is 6.24. The minimum Gasteiger partial charge on any atom is -0.492 e. The van der Waals surface area contributed by atoms with E-state index in [0.717, 1.165) is 25.1 Å². The van der Waals surface area contributed by atoms with E-state index >= 15 is 0 Å². The molecular weight excluding hydrogens is 188 g/mol. The summed E-state index contributed by atoms with van der Waals surface area (Å²) in [5, 5.41) is 0. The smallest absolute Gasteiger partial charge is 0.123 e. The van der Waals surface area contributed by atoms with Gasteiger partial charge >= 0.3 is 0 Å². The van der Waals surface area contributed by atoms with E-state index in [9.17, 15) is 4.79 Å². The van der Waals surface area contributed by atoms with Crippen molar-refractivity contribution in [2.45, 2.75) is 32.1 Å². The van der Waals surface area contributed by atoms with Crippen molar-refractivity contribution >= 4 is 6.29 Å². The van der Waals surface area contributed by atoms with E-state index < -0.39 is 0 Å². The summed E-state index contributed by atoms with van der Waals surface area (Å²) in [7, 11) is 0. The summed E-state index contributed by atoms with van der Waals surface area (Å²) >= 11 is 0. The van der Waals surface area contributed by atoms with Crippen molar-refractivity contribution in [2.24, 2.45) is 0 Å². The lowest BCUT2D eigenvalue weighted by Crippen LogP contribution is -2.18. The molecule has 15 heavy (non-hydrogen) atoms. The first-order valence-corrected chi connectivity index (χ1v) is 5.33. The summed E-state index contributed by atoms with van der Waals surface area (Å²) in [5.74, 6) is 0.995. The molecule has 0 aliphatic carbocycles. The lowest BCUT2D eigenvalue weighted by atomic mass is 9.86. The van der Waals surface area contributed by atoms with Crippen molar-refractivity contribution < 1.29 is 9.53 Å². The predicted octanol–water partition coefficient (Wildman–Crippen LogP) is 2.49. The van der Waals surface area contributed by atoms with Gasteiger partial charge in [0.2, 0.25) is 0 Å². The van der Waals surface area contributed by atoms with Crippen LogP contribution in [0, 0.1) is 0 Å². The zero-order valence-corrected chi connectivity index (χ0v) is 9.25. The van der Waals surface area contributed by atoms with Crippen LogP contribution in [-0.4, -0.2) is 12.9 Å². The van der Waals surface area contributed by atoms with Crippen LogP contribution in [-0.2, 0) is 16.6 Å². The van der Waals surface area contributed by atoms with Gasteiger partial charge in [0, 0.05) is 17.4 Å². The number of aryl methyl sites for hydroxylation is 1. The van der Waals surface area contributed by atoms with Crippen LogP contribution in [0.25, 0.3) is 0 Å². The van der Waals surface area contributed by atoms with Crippen LogP contribution in [0.1, 0.15) is 31.4 Å². The minimum absolute atomic E-state index is 0.104. The molecule has 0 atom stereocenters. The molecule has 2 nitrogen and oxygen atoms in total. The van der Waals surface area contributed by atoms with E-state index in [2.05, 4.69) is 19.9 Å². The monoisotopic (exact) mass is 204 g/mol. The van der Waals surface area contributed by atoms with Crippen LogP contribution in [0.5, 0.6) is 5.75 Å². The average molecular weight is 204 g/mol. The number of carbonyl (C=O) groups is 1. The van der Waals surface area contributed by atoms with Crippen molar-refractivity contribution in [1.29, 1.82) is 0 Å². The van der Waals surface area contributed by atoms with Crippen LogP contribution < -0.4 is 4.74 Å². The van der Waals surface area contributed by atoms with Gasteiger partial charge in [-0.3, -0.25) is 0 Å². The SMILES string of the molecule is CC1(C)COc2ccc(CCC=O)cc21. The van der Waals surface area contributed by atoms with Crippen LogP contribution in [0.4, 0.5) is 0 Å². The highest BCUT2D eigenvalue weighted by molar-refractivity contribution is 5.51. The number of hydrogen-bond acceptors (Lipinski definition) is 2. The molecule has 0 fully saturated rings. The van der Waals surface area contributed by atoms with Gasteiger partial charge in [-0.2, -0.15) is 0 Å². The van der Waals surface area contributed by atoms with E-state index in [1.807, 2.05) is 12.1 Å². The summed E-state index contributed by atoms with van der Waals surface area (Å²) < 4.78 is 5.60. The minimum atomic E-state index is 0.104. The van der Waals surface area contributed by atoms with Crippen molar-refractivity contribution in [1.82, 2.24) is 0 Å². The molecule has 0 spiro atoms. The van der Waals surface area contributed by atoms with Gasteiger partial charge in [0.25, 0.3) is 0 Å². The van der Waals surface area contributed by atoms with Gasteiger partial charge in [0.05, 0.1) is 6.61 Å². The number of benzene rings is 1. The van der Waals surface area contributed by atoms with Gasteiger partial charge < -0.3 is 9.53 Å². The first kappa shape index (κ1) is 10.2. The molecule has 0 saturated carbocycles. The third kappa shape index (κ3) is 1.89. The molecule has 1 aliphatic heterocycles. The molecule has 80 valence electrons. The number of carbonyl (C=O) groups excluding carboxylic acids is 1. The number of hydrogen-bond donors (Lipinski definition) is 0. The number of rotatable bonds is 3. The summed E-state index contributed by atoms with van der Waals surface area (Å²) in [6.45, 7) is 5.12. The molecule has 2 rings (SSSR count). The Morgan fingerprint density at radius 1 is 1.47 bits per heavy atom. The molecule has 1 aromatic rings. The Hall–Kier alpha value is -1.31. The van der Waals surface area contributed by atoms with Crippen molar-refractivity contribution in [3.05, 3.63) is 29.3 Å². The molecule has 1 heterocycles. The molecule has 1 aromatic carbocycles. The zero-order valence-electron chi connectivity index (χ0n) is 9.25. The third-order valence-electron chi connectivity index (χ3n) is 2.91. The van der Waals surface area contributed by atoms with Crippen molar-refractivity contribution in [3.8, 4) is 5.75 Å². The molecule has 0 bridgehead atoms. The summed E-state index contributed by atoms with van der Waals surface area (Å²) in [5.41, 5.74) is 2.59. The van der Waals surface area contributed by atoms with Crippen LogP contribution in [0.15, 0.2) is 18.2 Å². The van der Waals surface area contributed by atoms with Gasteiger partial charge in [-0.1, -0.05) is 26.0 Å². The molecule has 0 N–H and O–H groups in total. The highest BCUT2D eigenvalue weighted by atomic mass is 16.5. The molecule has 0 radical (unpaired) electrons. The van der Waals surface area contributed by atoms with Gasteiger partial charge in [-0.25, -0.2) is 0 Å². The predicted molar refractivity (Wildman–Crippen MR) is 59.3 cm³/mol. The summed E-state index contributed by atoms with van der Waals surface area (Å²) in [4.78, 5) is 10.3. The van der Waals surface area contributed by atoms with Gasteiger partial charge in [0.15, 0.2) is 0 Å². The fraction of sp³-hybridized carbons (Fsp3) is 0.462. The average Bonchev–Trinajstić information content (AvgIpc) is 2.52. The lowest BCUT2D eigenvalue weighted by molar-refractivity contribution is -0.107. The normalized spacial score (nSPS) is 16.9. The van der Waals surface area contributed by atoms with Crippen molar-refractivity contribution in [2.75, 3.05) is 6.61 Å². The Morgan fingerprint density at radius 2 is 2.27 bits per heavy atom. The van der Waals surface area contributed by atoms with E-state index in [1.54, 1.807) is 0 Å². The van der Waals surface area contributed by atoms with Gasteiger partial charge in [-0.05, 0) is 18.1 Å². The van der Waals surface area contributed by atoms with Gasteiger partial charge in [0.1, 0.15) is 12.0 Å². The molecule has 0 unspecified atom stereocenters. The number of fused-ring (bicyclic) bond motifs is 1. The maximum atomic E-state index is 10.3. The van der Waals surface area contributed by atoms with E-state index in [0.29, 0.717) is 6.42 Å². The molecule has 0 amide bonds. The topological polar surface area (TPSA) is 26.3 Å². The second kappa shape index (κ2) is 3.69. The highest BCUT2D eigenvalue weighted by Gasteiger charge is 2.31. The lowest BCUT2D eigenvalue weighted by Gasteiger charge is -2.15. The highest BCUT2D eigenvalue weighted by Crippen LogP contribution is 2.38. The maximum absolute atomic E-state index is 10.3. The zero-order chi connectivity index (χ0) is 10.9. The first-order valence-electron chi connectivity index (χ1n) is 5.33. The first-order chi connectivity index (χ1) is 7.13. The van der Waals surface area contributed by atoms with Crippen LogP contribution in [0.3, 0.4) is 0 Å². The Labute approximate surface area is 90.3 Å². The fourth-order valence-electron chi connectivity index (χ4n) is 1.95. The van der Waals surface area contributed by atoms with E-state index in [4.69, 9.17) is 4.74 Å². The Kier molecular flexibility index (Phi) is 2.51. The molecule has 2 heteroatoms. The second-order valence-corrected chi connectivity index (χ2v) is 4.71. The third-order valence-corrected chi connectivity index (χ3v) is 2.91. The molecular formula is C13H16O2. The van der Waals surface area contributed by atoms with Crippen LogP contribution in [0.2, 0.25) is 0 Å². The Bertz CT molecular complexity index is 380. The van der Waals surface area contributed by atoms with E-state index in [1.165, 1.54) is 11.1 Å². The molecule has 1 aliphatic rings. The number of ether oxygens (including phenoxy) is 1.